The first-order chi connectivity index (χ1) is 12.5. The highest BCUT2D eigenvalue weighted by Crippen LogP contribution is 2.19. The normalized spacial score (nSPS) is 16.9. The van der Waals surface area contributed by atoms with E-state index in [4.69, 9.17) is 11.6 Å². The van der Waals surface area contributed by atoms with Gasteiger partial charge in [0.05, 0.1) is 5.71 Å². The quantitative estimate of drug-likeness (QED) is 0.806. The summed E-state index contributed by atoms with van der Waals surface area (Å²) in [6.07, 6.45) is 3.54. The summed E-state index contributed by atoms with van der Waals surface area (Å²) in [7, 11) is 0. The van der Waals surface area contributed by atoms with E-state index in [0.29, 0.717) is 17.1 Å². The Hall–Kier alpha value is -2.92. The van der Waals surface area contributed by atoms with Gasteiger partial charge in [0.25, 0.3) is 0 Å². The Morgan fingerprint density at radius 1 is 1.23 bits per heavy atom. The Morgan fingerprint density at radius 2 is 1.96 bits per heavy atom. The molecule has 1 aliphatic heterocycles. The number of hydrazone groups is 1. The molecule has 0 saturated carbocycles. The third kappa shape index (κ3) is 4.37. The average molecular weight is 368 g/mol. The van der Waals surface area contributed by atoms with Gasteiger partial charge in [-0.3, -0.25) is 9.59 Å². The summed E-state index contributed by atoms with van der Waals surface area (Å²) in [5, 5.41) is 7.52. The summed E-state index contributed by atoms with van der Waals surface area (Å²) < 4.78 is 0. The molecule has 26 heavy (non-hydrogen) atoms. The highest BCUT2D eigenvalue weighted by Gasteiger charge is 2.21. The van der Waals surface area contributed by atoms with Crippen LogP contribution < -0.4 is 10.7 Å². The highest BCUT2D eigenvalue weighted by molar-refractivity contribution is 6.32. The van der Waals surface area contributed by atoms with Crippen molar-refractivity contribution >= 4 is 40.9 Å². The van der Waals surface area contributed by atoms with E-state index in [0.717, 1.165) is 16.8 Å². The van der Waals surface area contributed by atoms with E-state index in [2.05, 4.69) is 15.8 Å². The van der Waals surface area contributed by atoms with E-state index < -0.39 is 0 Å². The van der Waals surface area contributed by atoms with Gasteiger partial charge in [0.1, 0.15) is 0 Å². The number of rotatable bonds is 4. The summed E-state index contributed by atoms with van der Waals surface area (Å²) in [5.41, 5.74) is 5.72. The van der Waals surface area contributed by atoms with Crippen molar-refractivity contribution in [2.45, 2.75) is 13.3 Å². The van der Waals surface area contributed by atoms with Gasteiger partial charge in [-0.1, -0.05) is 48.9 Å². The number of halogens is 1. The molecule has 0 bridgehead atoms. The molecule has 6 heteroatoms. The smallest absolute Gasteiger partial charge is 0.248 e. The van der Waals surface area contributed by atoms with E-state index in [-0.39, 0.29) is 17.7 Å². The molecule has 132 valence electrons. The van der Waals surface area contributed by atoms with Gasteiger partial charge in [0.15, 0.2) is 0 Å². The number of hydrogen-bond acceptors (Lipinski definition) is 3. The number of amides is 2. The third-order valence-electron chi connectivity index (χ3n) is 4.03. The van der Waals surface area contributed by atoms with Crippen LogP contribution in [-0.4, -0.2) is 17.5 Å². The number of nitrogens with one attached hydrogen (secondary N) is 2. The van der Waals surface area contributed by atoms with Gasteiger partial charge in [-0.05, 0) is 35.4 Å². The Kier molecular flexibility index (Phi) is 5.49. The molecule has 0 aliphatic carbocycles. The fraction of sp³-hybridized carbons (Fsp3) is 0.150. The molecule has 1 aliphatic rings. The topological polar surface area (TPSA) is 70.6 Å². The van der Waals surface area contributed by atoms with Gasteiger partial charge in [-0.2, -0.15) is 5.10 Å². The first kappa shape index (κ1) is 17.9. The van der Waals surface area contributed by atoms with Crippen molar-refractivity contribution in [2.75, 3.05) is 5.32 Å². The first-order valence-corrected chi connectivity index (χ1v) is 8.61. The molecule has 2 N–H and O–H groups in total. The van der Waals surface area contributed by atoms with Gasteiger partial charge in [0.2, 0.25) is 11.8 Å². The fourth-order valence-corrected chi connectivity index (χ4v) is 2.88. The van der Waals surface area contributed by atoms with Gasteiger partial charge in [0, 0.05) is 29.1 Å². The van der Waals surface area contributed by atoms with Gasteiger partial charge >= 0.3 is 0 Å². The molecule has 0 aromatic heterocycles. The highest BCUT2D eigenvalue weighted by atomic mass is 35.5. The molecule has 2 aromatic rings. The maximum atomic E-state index is 12.1. The van der Waals surface area contributed by atoms with Crippen molar-refractivity contribution in [1.29, 1.82) is 0 Å². The van der Waals surface area contributed by atoms with Crippen molar-refractivity contribution in [3.8, 4) is 0 Å². The van der Waals surface area contributed by atoms with Gasteiger partial charge in [-0.15, -0.1) is 0 Å². The summed E-state index contributed by atoms with van der Waals surface area (Å²) in [4.78, 5) is 23.4. The van der Waals surface area contributed by atoms with Crippen LogP contribution in [0.3, 0.4) is 0 Å². The van der Waals surface area contributed by atoms with Crippen LogP contribution in [0.4, 0.5) is 5.69 Å². The standard InChI is InChI=1S/C20H18ClN3O2/c1-13-12-19(26)23-24-20(13)15-6-9-16(10-7-15)22-18(25)11-8-14-4-2-3-5-17(14)21/h2-11,13H,12H2,1H3,(H,22,25)(H,23,26)/b11-8+. The minimum atomic E-state index is -0.242. The zero-order valence-electron chi connectivity index (χ0n) is 14.2. The summed E-state index contributed by atoms with van der Waals surface area (Å²) in [6, 6.07) is 14.7. The second kappa shape index (κ2) is 7.97. The molecular formula is C20H18ClN3O2. The molecule has 1 heterocycles. The predicted octanol–water partition coefficient (Wildman–Crippen LogP) is 3.85. The number of hydrogen-bond donors (Lipinski definition) is 2. The van der Waals surface area contributed by atoms with Crippen molar-refractivity contribution in [1.82, 2.24) is 5.43 Å². The van der Waals surface area contributed by atoms with Crippen molar-refractivity contribution < 1.29 is 9.59 Å². The monoisotopic (exact) mass is 367 g/mol. The zero-order valence-corrected chi connectivity index (χ0v) is 15.0. The third-order valence-corrected chi connectivity index (χ3v) is 4.37. The number of benzene rings is 2. The second-order valence-corrected chi connectivity index (χ2v) is 6.47. The number of carbonyl (C=O) groups is 2. The van der Waals surface area contributed by atoms with E-state index in [9.17, 15) is 9.59 Å². The van der Waals surface area contributed by atoms with Crippen LogP contribution >= 0.6 is 11.6 Å². The molecule has 1 unspecified atom stereocenters. The molecule has 0 spiro atoms. The van der Waals surface area contributed by atoms with Gasteiger partial charge in [-0.25, -0.2) is 5.43 Å². The summed E-state index contributed by atoms with van der Waals surface area (Å²) >= 11 is 6.06. The molecule has 1 atom stereocenters. The lowest BCUT2D eigenvalue weighted by Gasteiger charge is -2.19. The average Bonchev–Trinajstić information content (AvgIpc) is 2.62. The van der Waals surface area contributed by atoms with E-state index in [1.54, 1.807) is 12.1 Å². The van der Waals surface area contributed by atoms with Crippen LogP contribution in [-0.2, 0) is 9.59 Å². The maximum Gasteiger partial charge on any atom is 0.248 e. The van der Waals surface area contributed by atoms with E-state index in [1.807, 2.05) is 49.4 Å². The summed E-state index contributed by atoms with van der Waals surface area (Å²) in [5.74, 6) is -0.258. The summed E-state index contributed by atoms with van der Waals surface area (Å²) in [6.45, 7) is 1.97. The Balaban J connectivity index is 1.65. The molecule has 2 amide bonds. The lowest BCUT2D eigenvalue weighted by atomic mass is 9.94. The number of anilines is 1. The molecule has 0 fully saturated rings. The SMILES string of the molecule is CC1CC(=O)NN=C1c1ccc(NC(=O)/C=C/c2ccccc2Cl)cc1. The number of nitrogens with zero attached hydrogens (tertiary/aromatic N) is 1. The van der Waals surface area contributed by atoms with Gasteiger partial charge < -0.3 is 5.32 Å². The minimum Gasteiger partial charge on any atom is -0.323 e. The Morgan fingerprint density at radius 3 is 2.65 bits per heavy atom. The molecule has 0 saturated heterocycles. The minimum absolute atomic E-state index is 0.0581. The largest absolute Gasteiger partial charge is 0.323 e. The van der Waals surface area contributed by atoms with E-state index in [1.165, 1.54) is 6.08 Å². The van der Waals surface area contributed by atoms with Crippen LogP contribution in [0.2, 0.25) is 5.02 Å². The Labute approximate surface area is 156 Å². The van der Waals surface area contributed by atoms with Crippen LogP contribution in [0, 0.1) is 5.92 Å². The fourth-order valence-electron chi connectivity index (χ4n) is 2.69. The van der Waals surface area contributed by atoms with Crippen LogP contribution in [0.15, 0.2) is 59.7 Å². The van der Waals surface area contributed by atoms with Crippen LogP contribution in [0.25, 0.3) is 6.08 Å². The van der Waals surface area contributed by atoms with Crippen molar-refractivity contribution in [3.63, 3.8) is 0 Å². The zero-order chi connectivity index (χ0) is 18.5. The first-order valence-electron chi connectivity index (χ1n) is 8.23. The molecule has 0 radical (unpaired) electrons. The van der Waals surface area contributed by atoms with Crippen LogP contribution in [0.5, 0.6) is 0 Å². The predicted molar refractivity (Wildman–Crippen MR) is 104 cm³/mol. The molecule has 3 rings (SSSR count). The van der Waals surface area contributed by atoms with E-state index >= 15 is 0 Å². The second-order valence-electron chi connectivity index (χ2n) is 6.06. The molecule has 5 nitrogen and oxygen atoms in total. The maximum absolute atomic E-state index is 12.1. The lowest BCUT2D eigenvalue weighted by Crippen LogP contribution is -2.31. The van der Waals surface area contributed by atoms with Crippen molar-refractivity contribution in [2.24, 2.45) is 11.0 Å². The van der Waals surface area contributed by atoms with Crippen molar-refractivity contribution in [3.05, 3.63) is 70.8 Å². The van der Waals surface area contributed by atoms with Crippen LogP contribution in [0.1, 0.15) is 24.5 Å². The molecule has 2 aromatic carbocycles. The Bertz CT molecular complexity index is 888. The number of carbonyl (C=O) groups excluding carboxylic acids is 2. The molecular weight excluding hydrogens is 350 g/mol. The lowest BCUT2D eigenvalue weighted by molar-refractivity contribution is -0.121.